The van der Waals surface area contributed by atoms with E-state index in [1.165, 1.54) is 12.1 Å². The number of aromatic nitrogens is 2. The highest BCUT2D eigenvalue weighted by Crippen LogP contribution is 2.31. The SMILES string of the molecule is CCOC(=O)[C@H]1CCCN(c2nc3c(c(=O)[nH]2)[C@H](C(=O)Nc2ccc(F)c(Cl)c2)CC(=O)N3)C1. The number of esters is 1. The van der Waals surface area contributed by atoms with Crippen LogP contribution in [0.15, 0.2) is 23.0 Å². The third-order valence-electron chi connectivity index (χ3n) is 5.78. The van der Waals surface area contributed by atoms with Gasteiger partial charge in [-0.1, -0.05) is 11.6 Å². The molecule has 10 nitrogen and oxygen atoms in total. The summed E-state index contributed by atoms with van der Waals surface area (Å²) in [6.45, 7) is 2.88. The predicted molar refractivity (Wildman–Crippen MR) is 122 cm³/mol. The third kappa shape index (κ3) is 4.89. The molecule has 0 radical (unpaired) electrons. The fraction of sp³-hybridized carbons (Fsp3) is 0.409. The molecular weight excluding hydrogens is 469 g/mol. The molecule has 2 aliphatic heterocycles. The number of fused-ring (bicyclic) bond motifs is 1. The Morgan fingerprint density at radius 1 is 1.35 bits per heavy atom. The van der Waals surface area contributed by atoms with Gasteiger partial charge in [0.05, 0.1) is 29.0 Å². The molecule has 0 unspecified atom stereocenters. The second-order valence-corrected chi connectivity index (χ2v) is 8.52. The van der Waals surface area contributed by atoms with Gasteiger partial charge in [0, 0.05) is 25.2 Å². The molecule has 4 rings (SSSR count). The summed E-state index contributed by atoms with van der Waals surface area (Å²) in [6.07, 6.45) is 1.10. The lowest BCUT2D eigenvalue weighted by atomic mass is 9.92. The molecule has 2 atom stereocenters. The summed E-state index contributed by atoms with van der Waals surface area (Å²) < 4.78 is 18.5. The summed E-state index contributed by atoms with van der Waals surface area (Å²) in [6, 6.07) is 3.66. The highest BCUT2D eigenvalue weighted by molar-refractivity contribution is 6.31. The zero-order valence-electron chi connectivity index (χ0n) is 18.3. The van der Waals surface area contributed by atoms with E-state index in [1.807, 2.05) is 0 Å². The van der Waals surface area contributed by atoms with Gasteiger partial charge in [-0.3, -0.25) is 24.2 Å². The maximum Gasteiger partial charge on any atom is 0.310 e. The Kier molecular flexibility index (Phi) is 6.82. The Hall–Kier alpha value is -3.47. The normalized spacial score (nSPS) is 19.7. The van der Waals surface area contributed by atoms with Crippen molar-refractivity contribution in [3.63, 3.8) is 0 Å². The molecule has 1 aromatic heterocycles. The van der Waals surface area contributed by atoms with Gasteiger partial charge in [0.1, 0.15) is 11.6 Å². The van der Waals surface area contributed by atoms with Crippen molar-refractivity contribution >= 4 is 46.8 Å². The quantitative estimate of drug-likeness (QED) is 0.547. The highest BCUT2D eigenvalue weighted by atomic mass is 35.5. The van der Waals surface area contributed by atoms with Gasteiger partial charge in [0.25, 0.3) is 5.56 Å². The van der Waals surface area contributed by atoms with Crippen molar-refractivity contribution in [2.75, 3.05) is 35.2 Å². The second-order valence-electron chi connectivity index (χ2n) is 8.11. The van der Waals surface area contributed by atoms with Crippen LogP contribution < -0.4 is 21.1 Å². The maximum absolute atomic E-state index is 13.4. The molecule has 0 bridgehead atoms. The van der Waals surface area contributed by atoms with Crippen molar-refractivity contribution in [3.8, 4) is 0 Å². The van der Waals surface area contributed by atoms with Gasteiger partial charge in [0.15, 0.2) is 0 Å². The molecule has 0 aliphatic carbocycles. The second kappa shape index (κ2) is 9.80. The molecule has 34 heavy (non-hydrogen) atoms. The molecule has 1 fully saturated rings. The summed E-state index contributed by atoms with van der Waals surface area (Å²) in [5, 5.41) is 4.95. The Labute approximate surface area is 198 Å². The van der Waals surface area contributed by atoms with Gasteiger partial charge < -0.3 is 20.3 Å². The Morgan fingerprint density at radius 2 is 2.15 bits per heavy atom. The van der Waals surface area contributed by atoms with E-state index in [2.05, 4.69) is 20.6 Å². The number of hydrogen-bond acceptors (Lipinski definition) is 7. The molecule has 1 aromatic carbocycles. The van der Waals surface area contributed by atoms with Crippen LogP contribution in [0.25, 0.3) is 0 Å². The number of halogens is 2. The van der Waals surface area contributed by atoms with E-state index in [4.69, 9.17) is 16.3 Å². The van der Waals surface area contributed by atoms with Crippen molar-refractivity contribution in [2.24, 2.45) is 5.92 Å². The summed E-state index contributed by atoms with van der Waals surface area (Å²) in [4.78, 5) is 59.2. The van der Waals surface area contributed by atoms with E-state index >= 15 is 0 Å². The number of benzene rings is 1. The molecule has 2 amide bonds. The molecular formula is C22H23ClFN5O5. The lowest BCUT2D eigenvalue weighted by molar-refractivity contribution is -0.148. The van der Waals surface area contributed by atoms with Gasteiger partial charge in [0.2, 0.25) is 17.8 Å². The van der Waals surface area contributed by atoms with Crippen LogP contribution in [0.1, 0.15) is 37.7 Å². The molecule has 2 aromatic rings. The van der Waals surface area contributed by atoms with Crippen molar-refractivity contribution in [2.45, 2.75) is 32.1 Å². The van der Waals surface area contributed by atoms with Crippen LogP contribution >= 0.6 is 11.6 Å². The Morgan fingerprint density at radius 3 is 2.88 bits per heavy atom. The number of hydrogen-bond donors (Lipinski definition) is 3. The van der Waals surface area contributed by atoms with Crippen LogP contribution in [-0.2, 0) is 19.1 Å². The molecule has 2 aliphatic rings. The first-order valence-electron chi connectivity index (χ1n) is 10.9. The van der Waals surface area contributed by atoms with Gasteiger partial charge in [-0.05, 0) is 38.0 Å². The van der Waals surface area contributed by atoms with Gasteiger partial charge >= 0.3 is 5.97 Å². The molecule has 3 heterocycles. The minimum absolute atomic E-state index is 0.00875. The van der Waals surface area contributed by atoms with Gasteiger partial charge in [-0.15, -0.1) is 0 Å². The molecule has 0 saturated carbocycles. The van der Waals surface area contributed by atoms with Crippen molar-refractivity contribution < 1.29 is 23.5 Å². The summed E-state index contributed by atoms with van der Waals surface area (Å²) in [5.41, 5.74) is -0.327. The van der Waals surface area contributed by atoms with Crippen LogP contribution in [0, 0.1) is 11.7 Å². The van der Waals surface area contributed by atoms with E-state index in [9.17, 15) is 23.6 Å². The van der Waals surface area contributed by atoms with Crippen LogP contribution in [-0.4, -0.2) is 47.4 Å². The van der Waals surface area contributed by atoms with E-state index in [1.54, 1.807) is 11.8 Å². The van der Waals surface area contributed by atoms with E-state index in [-0.39, 0.29) is 53.0 Å². The fourth-order valence-electron chi connectivity index (χ4n) is 4.16. The number of ether oxygens (including phenoxy) is 1. The zero-order chi connectivity index (χ0) is 24.4. The Bertz CT molecular complexity index is 1200. The first-order valence-corrected chi connectivity index (χ1v) is 11.3. The van der Waals surface area contributed by atoms with E-state index in [0.717, 1.165) is 6.07 Å². The molecule has 0 spiro atoms. The minimum atomic E-state index is -1.11. The molecule has 12 heteroatoms. The number of carbonyl (C=O) groups is 3. The minimum Gasteiger partial charge on any atom is -0.466 e. The average molecular weight is 492 g/mol. The largest absolute Gasteiger partial charge is 0.466 e. The smallest absolute Gasteiger partial charge is 0.310 e. The van der Waals surface area contributed by atoms with Crippen molar-refractivity contribution in [1.29, 1.82) is 0 Å². The van der Waals surface area contributed by atoms with Crippen molar-refractivity contribution in [1.82, 2.24) is 9.97 Å². The maximum atomic E-state index is 13.4. The average Bonchev–Trinajstić information content (AvgIpc) is 2.80. The van der Waals surface area contributed by atoms with E-state index < -0.39 is 29.1 Å². The first kappa shape index (κ1) is 23.7. The molecule has 180 valence electrons. The number of amides is 2. The van der Waals surface area contributed by atoms with Crippen LogP contribution in [0.2, 0.25) is 5.02 Å². The number of nitrogens with one attached hydrogen (secondary N) is 3. The van der Waals surface area contributed by atoms with Gasteiger partial charge in [-0.2, -0.15) is 4.98 Å². The summed E-state index contributed by atoms with van der Waals surface area (Å²) in [5.74, 6) is -3.32. The summed E-state index contributed by atoms with van der Waals surface area (Å²) in [7, 11) is 0. The number of H-pyrrole nitrogens is 1. The first-order chi connectivity index (χ1) is 16.3. The van der Waals surface area contributed by atoms with Crippen LogP contribution in [0.4, 0.5) is 21.8 Å². The number of piperidine rings is 1. The topological polar surface area (TPSA) is 133 Å². The lowest BCUT2D eigenvalue weighted by Crippen LogP contribution is -2.42. The fourth-order valence-corrected chi connectivity index (χ4v) is 4.34. The number of aromatic amines is 1. The zero-order valence-corrected chi connectivity index (χ0v) is 19.1. The number of nitrogens with zero attached hydrogens (tertiary/aromatic N) is 2. The van der Waals surface area contributed by atoms with Crippen LogP contribution in [0.3, 0.4) is 0 Å². The van der Waals surface area contributed by atoms with Crippen LogP contribution in [0.5, 0.6) is 0 Å². The number of anilines is 3. The number of carbonyl (C=O) groups excluding carboxylic acids is 3. The standard InChI is InChI=1S/C22H23ClFN5O5/c1-2-34-21(33)11-4-3-7-29(10-11)22-27-18-17(20(32)28-22)13(9-16(30)26-18)19(31)25-12-5-6-15(24)14(23)8-12/h5-6,8,11,13H,2-4,7,9-10H2,1H3,(H,25,31)(H2,26,27,28,30,32)/t11-,13+/m0/s1. The number of rotatable bonds is 5. The monoisotopic (exact) mass is 491 g/mol. The highest BCUT2D eigenvalue weighted by Gasteiger charge is 2.36. The molecule has 1 saturated heterocycles. The van der Waals surface area contributed by atoms with Crippen molar-refractivity contribution in [3.05, 3.63) is 45.0 Å². The van der Waals surface area contributed by atoms with Gasteiger partial charge in [-0.25, -0.2) is 4.39 Å². The Balaban J connectivity index is 1.59. The third-order valence-corrected chi connectivity index (χ3v) is 6.07. The van der Waals surface area contributed by atoms with E-state index in [0.29, 0.717) is 25.9 Å². The molecule has 3 N–H and O–H groups in total. The predicted octanol–water partition coefficient (Wildman–Crippen LogP) is 2.41. The lowest BCUT2D eigenvalue weighted by Gasteiger charge is -2.32. The summed E-state index contributed by atoms with van der Waals surface area (Å²) >= 11 is 5.76.